The second-order valence-electron chi connectivity index (χ2n) is 4.53. The van der Waals surface area contributed by atoms with Crippen LogP contribution in [0.15, 0.2) is 48.5 Å². The maximum atomic E-state index is 4.84. The molecular formula is C16H11NS. The van der Waals surface area contributed by atoms with Gasteiger partial charge < -0.3 is 0 Å². The van der Waals surface area contributed by atoms with Gasteiger partial charge in [-0.1, -0.05) is 36.4 Å². The summed E-state index contributed by atoms with van der Waals surface area (Å²) in [5.41, 5.74) is 3.58. The molecule has 0 N–H and O–H groups in total. The number of para-hydroxylation sites is 1. The Kier molecular flexibility index (Phi) is 1.97. The molecule has 0 spiro atoms. The summed E-state index contributed by atoms with van der Waals surface area (Å²) in [4.78, 5) is 4.84. The predicted molar refractivity (Wildman–Crippen MR) is 79.4 cm³/mol. The highest BCUT2D eigenvalue weighted by atomic mass is 32.1. The van der Waals surface area contributed by atoms with Gasteiger partial charge in [0, 0.05) is 15.5 Å². The Morgan fingerprint density at radius 1 is 0.889 bits per heavy atom. The van der Waals surface area contributed by atoms with E-state index < -0.39 is 0 Å². The van der Waals surface area contributed by atoms with Gasteiger partial charge in [0.05, 0.1) is 15.7 Å². The molecule has 0 radical (unpaired) electrons. The van der Waals surface area contributed by atoms with Crippen molar-refractivity contribution in [2.45, 2.75) is 6.92 Å². The predicted octanol–water partition coefficient (Wildman–Crippen LogP) is 4.91. The molecule has 1 nitrogen and oxygen atoms in total. The van der Waals surface area contributed by atoms with E-state index in [2.05, 4.69) is 55.5 Å². The number of pyridine rings is 1. The van der Waals surface area contributed by atoms with Crippen molar-refractivity contribution >= 4 is 42.5 Å². The molecule has 0 bridgehead atoms. The molecule has 0 aliphatic heterocycles. The van der Waals surface area contributed by atoms with Crippen LogP contribution in [-0.4, -0.2) is 4.98 Å². The SMILES string of the molecule is Cc1c2ccccc2nc2c1sc1ccccc12. The third-order valence-electron chi connectivity index (χ3n) is 3.45. The summed E-state index contributed by atoms with van der Waals surface area (Å²) in [5.74, 6) is 0. The molecule has 0 saturated carbocycles. The standard InChI is InChI=1S/C16H11NS/c1-10-11-6-2-4-8-13(11)17-15-12-7-3-5-9-14(12)18-16(10)15/h2-9H,1H3. The quantitative estimate of drug-likeness (QED) is 0.431. The maximum Gasteiger partial charge on any atom is 0.0898 e. The average molecular weight is 249 g/mol. The summed E-state index contributed by atoms with van der Waals surface area (Å²) < 4.78 is 2.63. The molecule has 0 saturated heterocycles. The highest BCUT2D eigenvalue weighted by Crippen LogP contribution is 2.36. The van der Waals surface area contributed by atoms with Crippen molar-refractivity contribution in [2.24, 2.45) is 0 Å². The fourth-order valence-corrected chi connectivity index (χ4v) is 3.68. The van der Waals surface area contributed by atoms with Crippen LogP contribution in [0.2, 0.25) is 0 Å². The molecule has 0 aliphatic rings. The number of rotatable bonds is 0. The molecule has 2 heteroatoms. The summed E-state index contributed by atoms with van der Waals surface area (Å²) in [6, 6.07) is 16.9. The minimum Gasteiger partial charge on any atom is -0.246 e. The maximum absolute atomic E-state index is 4.84. The average Bonchev–Trinajstić information content (AvgIpc) is 2.79. The molecule has 0 atom stereocenters. The zero-order chi connectivity index (χ0) is 12.1. The molecule has 4 rings (SSSR count). The number of hydrogen-bond acceptors (Lipinski definition) is 2. The van der Waals surface area contributed by atoms with Gasteiger partial charge in [-0.15, -0.1) is 11.3 Å². The Morgan fingerprint density at radius 2 is 1.61 bits per heavy atom. The third kappa shape index (κ3) is 1.24. The number of nitrogens with zero attached hydrogens (tertiary/aromatic N) is 1. The van der Waals surface area contributed by atoms with Gasteiger partial charge in [0.1, 0.15) is 0 Å². The number of hydrogen-bond donors (Lipinski definition) is 0. The highest BCUT2D eigenvalue weighted by Gasteiger charge is 2.10. The van der Waals surface area contributed by atoms with Crippen LogP contribution in [0.5, 0.6) is 0 Å². The van der Waals surface area contributed by atoms with Crippen molar-refractivity contribution in [1.29, 1.82) is 0 Å². The van der Waals surface area contributed by atoms with Crippen LogP contribution < -0.4 is 0 Å². The molecule has 4 aromatic rings. The van der Waals surface area contributed by atoms with Gasteiger partial charge in [-0.25, -0.2) is 4.98 Å². The fraction of sp³-hybridized carbons (Fsp3) is 0.0625. The monoisotopic (exact) mass is 249 g/mol. The lowest BCUT2D eigenvalue weighted by atomic mass is 10.1. The first-order chi connectivity index (χ1) is 8.84. The summed E-state index contributed by atoms with van der Waals surface area (Å²) in [6.45, 7) is 2.20. The first-order valence-corrected chi connectivity index (χ1v) is 6.83. The lowest BCUT2D eigenvalue weighted by molar-refractivity contribution is 1.49. The molecule has 0 amide bonds. The van der Waals surface area contributed by atoms with E-state index in [1.807, 2.05) is 11.3 Å². The van der Waals surface area contributed by atoms with Crippen molar-refractivity contribution in [3.8, 4) is 0 Å². The van der Waals surface area contributed by atoms with E-state index in [1.54, 1.807) is 0 Å². The molecule has 18 heavy (non-hydrogen) atoms. The van der Waals surface area contributed by atoms with E-state index in [9.17, 15) is 0 Å². The zero-order valence-corrected chi connectivity index (χ0v) is 10.8. The molecule has 2 aromatic carbocycles. The van der Waals surface area contributed by atoms with Crippen molar-refractivity contribution in [2.75, 3.05) is 0 Å². The number of benzene rings is 2. The van der Waals surface area contributed by atoms with Crippen LogP contribution in [0.3, 0.4) is 0 Å². The highest BCUT2D eigenvalue weighted by molar-refractivity contribution is 7.26. The van der Waals surface area contributed by atoms with Crippen molar-refractivity contribution < 1.29 is 0 Å². The Morgan fingerprint density at radius 3 is 2.50 bits per heavy atom. The molecular weight excluding hydrogens is 238 g/mol. The number of aromatic nitrogens is 1. The fourth-order valence-electron chi connectivity index (χ4n) is 2.53. The van der Waals surface area contributed by atoms with Crippen LogP contribution in [0.25, 0.3) is 31.2 Å². The van der Waals surface area contributed by atoms with E-state index in [0.29, 0.717) is 0 Å². The smallest absolute Gasteiger partial charge is 0.0898 e. The topological polar surface area (TPSA) is 12.9 Å². The van der Waals surface area contributed by atoms with Crippen LogP contribution in [-0.2, 0) is 0 Å². The molecule has 0 fully saturated rings. The summed E-state index contributed by atoms with van der Waals surface area (Å²) in [7, 11) is 0. The van der Waals surface area contributed by atoms with E-state index in [4.69, 9.17) is 4.98 Å². The van der Waals surface area contributed by atoms with E-state index in [1.165, 1.54) is 25.7 Å². The molecule has 2 heterocycles. The Labute approximate surface area is 109 Å². The van der Waals surface area contributed by atoms with E-state index in [-0.39, 0.29) is 0 Å². The number of fused-ring (bicyclic) bond motifs is 4. The molecule has 0 aliphatic carbocycles. The van der Waals surface area contributed by atoms with Crippen LogP contribution in [0, 0.1) is 6.92 Å². The van der Waals surface area contributed by atoms with Gasteiger partial charge in [0.15, 0.2) is 0 Å². The second-order valence-corrected chi connectivity index (χ2v) is 5.58. The summed E-state index contributed by atoms with van der Waals surface area (Å²) in [5, 5.41) is 2.53. The second kappa shape index (κ2) is 3.53. The molecule has 0 unspecified atom stereocenters. The largest absolute Gasteiger partial charge is 0.246 e. The lowest BCUT2D eigenvalue weighted by Crippen LogP contribution is -1.83. The van der Waals surface area contributed by atoms with Gasteiger partial charge in [0.25, 0.3) is 0 Å². The van der Waals surface area contributed by atoms with E-state index in [0.717, 1.165) is 11.0 Å². The van der Waals surface area contributed by atoms with Gasteiger partial charge in [0.2, 0.25) is 0 Å². The Balaban J connectivity index is 2.33. The van der Waals surface area contributed by atoms with Gasteiger partial charge >= 0.3 is 0 Å². The first kappa shape index (κ1) is 10.0. The van der Waals surface area contributed by atoms with Gasteiger partial charge in [-0.3, -0.25) is 0 Å². The van der Waals surface area contributed by atoms with E-state index >= 15 is 0 Å². The van der Waals surface area contributed by atoms with Crippen molar-refractivity contribution in [1.82, 2.24) is 4.98 Å². The first-order valence-electron chi connectivity index (χ1n) is 6.01. The number of aryl methyl sites for hydroxylation is 1. The van der Waals surface area contributed by atoms with Crippen LogP contribution >= 0.6 is 11.3 Å². The Bertz CT molecular complexity index is 889. The third-order valence-corrected chi connectivity index (χ3v) is 4.73. The van der Waals surface area contributed by atoms with Gasteiger partial charge in [-0.05, 0) is 24.6 Å². The lowest BCUT2D eigenvalue weighted by Gasteiger charge is -2.02. The summed E-state index contributed by atoms with van der Waals surface area (Å²) >= 11 is 1.84. The number of thiophene rings is 1. The molecule has 86 valence electrons. The van der Waals surface area contributed by atoms with Gasteiger partial charge in [-0.2, -0.15) is 0 Å². The zero-order valence-electron chi connectivity index (χ0n) is 9.97. The van der Waals surface area contributed by atoms with Crippen molar-refractivity contribution in [3.05, 3.63) is 54.1 Å². The Hall–Kier alpha value is -1.93. The molecule has 2 aromatic heterocycles. The summed E-state index contributed by atoms with van der Waals surface area (Å²) in [6.07, 6.45) is 0. The minimum absolute atomic E-state index is 1.09. The minimum atomic E-state index is 1.09. The van der Waals surface area contributed by atoms with Crippen LogP contribution in [0.1, 0.15) is 5.56 Å². The van der Waals surface area contributed by atoms with Crippen LogP contribution in [0.4, 0.5) is 0 Å². The normalized spacial score (nSPS) is 11.6. The van der Waals surface area contributed by atoms with Crippen molar-refractivity contribution in [3.63, 3.8) is 0 Å².